The van der Waals surface area contributed by atoms with Gasteiger partial charge in [0, 0.05) is 16.1 Å². The molecule has 0 amide bonds. The Kier molecular flexibility index (Phi) is 3.93. The van der Waals surface area contributed by atoms with E-state index in [0.29, 0.717) is 16.1 Å². The minimum atomic E-state index is -0.799. The average molecular weight is 355 g/mol. The van der Waals surface area contributed by atoms with E-state index in [-0.39, 0.29) is 34.6 Å². The number of nitrogens with zero attached hydrogens (tertiary/aromatic N) is 4. The van der Waals surface area contributed by atoms with Crippen LogP contribution in [-0.2, 0) is 0 Å². The maximum absolute atomic E-state index is 9.79. The van der Waals surface area contributed by atoms with E-state index in [4.69, 9.17) is 28.3 Å². The molecular formula is C15H11ClN8O. The summed E-state index contributed by atoms with van der Waals surface area (Å²) in [5.74, 6) is 0.277. The van der Waals surface area contributed by atoms with Crippen molar-refractivity contribution in [2.45, 2.75) is 6.04 Å². The number of anilines is 3. The summed E-state index contributed by atoms with van der Waals surface area (Å²) in [7, 11) is 0. The molecule has 1 aliphatic heterocycles. The minimum Gasteiger partial charge on any atom is -0.508 e. The number of nitrogen functional groups attached to an aromatic ring is 2. The van der Waals surface area contributed by atoms with Crippen molar-refractivity contribution in [1.82, 2.24) is 10.3 Å². The van der Waals surface area contributed by atoms with Crippen LogP contribution >= 0.6 is 11.6 Å². The van der Waals surface area contributed by atoms with Gasteiger partial charge < -0.3 is 21.9 Å². The number of pyridine rings is 1. The summed E-state index contributed by atoms with van der Waals surface area (Å²) >= 11 is 6.24. The molecule has 0 aliphatic carbocycles. The summed E-state index contributed by atoms with van der Waals surface area (Å²) in [5.41, 5.74) is 12.8. The third-order valence-corrected chi connectivity index (χ3v) is 3.98. The Bertz CT molecular complexity index is 988. The van der Waals surface area contributed by atoms with Crippen LogP contribution in [0.3, 0.4) is 0 Å². The molecule has 3 rings (SSSR count). The molecule has 0 bridgehead atoms. The molecule has 7 N–H and O–H groups in total. The Morgan fingerprint density at radius 2 is 2.08 bits per heavy atom. The summed E-state index contributed by atoms with van der Waals surface area (Å²) in [6.07, 6.45) is 1.75. The van der Waals surface area contributed by atoms with Gasteiger partial charge in [-0.25, -0.2) is 9.98 Å². The van der Waals surface area contributed by atoms with Crippen molar-refractivity contribution in [2.24, 2.45) is 4.99 Å². The highest BCUT2D eigenvalue weighted by atomic mass is 35.5. The first kappa shape index (κ1) is 16.2. The quantitative estimate of drug-likeness (QED) is 0.378. The van der Waals surface area contributed by atoms with Gasteiger partial charge in [0.15, 0.2) is 6.19 Å². The Morgan fingerprint density at radius 1 is 1.32 bits per heavy atom. The first-order valence-electron chi connectivity index (χ1n) is 6.93. The number of rotatable bonds is 1. The maximum Gasteiger partial charge on any atom is 0.211 e. The third kappa shape index (κ3) is 2.69. The highest BCUT2D eigenvalue weighted by molar-refractivity contribution is 6.31. The second-order valence-electron chi connectivity index (χ2n) is 5.11. The SMILES string of the molecule is N#CNC1=NC(c2cc(O)ccc2Cl)c2c(nc(N)c(C#N)c2N)N1. The number of hydrogen-bond acceptors (Lipinski definition) is 9. The summed E-state index contributed by atoms with van der Waals surface area (Å²) in [4.78, 5) is 8.49. The molecule has 1 aromatic carbocycles. The molecule has 2 heterocycles. The van der Waals surface area contributed by atoms with Crippen molar-refractivity contribution in [2.75, 3.05) is 16.8 Å². The van der Waals surface area contributed by atoms with Crippen molar-refractivity contribution < 1.29 is 5.11 Å². The van der Waals surface area contributed by atoms with Gasteiger partial charge in [0.2, 0.25) is 5.96 Å². The first-order valence-corrected chi connectivity index (χ1v) is 7.31. The van der Waals surface area contributed by atoms with Crippen LogP contribution in [0.15, 0.2) is 23.2 Å². The number of phenolic OH excluding ortho intramolecular Hbond substituents is 1. The van der Waals surface area contributed by atoms with Crippen molar-refractivity contribution in [3.63, 3.8) is 0 Å². The van der Waals surface area contributed by atoms with Crippen LogP contribution in [-0.4, -0.2) is 16.1 Å². The van der Waals surface area contributed by atoms with Gasteiger partial charge in [-0.1, -0.05) is 11.6 Å². The van der Waals surface area contributed by atoms with E-state index in [9.17, 15) is 10.4 Å². The van der Waals surface area contributed by atoms with Crippen LogP contribution in [0, 0.1) is 22.8 Å². The highest BCUT2D eigenvalue weighted by Gasteiger charge is 2.30. The lowest BCUT2D eigenvalue weighted by Gasteiger charge is -2.26. The second kappa shape index (κ2) is 6.07. The number of guanidine groups is 1. The second-order valence-corrected chi connectivity index (χ2v) is 5.51. The monoisotopic (exact) mass is 354 g/mol. The zero-order valence-electron chi connectivity index (χ0n) is 12.6. The standard InChI is InChI=1S/C15H11ClN8O/c16-9-2-1-6(25)3-7(9)12-10-11(19)8(4-17)13(20)23-14(10)24-15(22-12)21-5-18/h1-3,12,25H,(H6,19,20,21,22,23,24). The number of aromatic hydroxyl groups is 1. The molecule has 0 saturated heterocycles. The van der Waals surface area contributed by atoms with E-state index in [2.05, 4.69) is 20.6 Å². The van der Waals surface area contributed by atoms with Gasteiger partial charge in [0.1, 0.15) is 35.1 Å². The largest absolute Gasteiger partial charge is 0.508 e. The summed E-state index contributed by atoms with van der Waals surface area (Å²) in [5, 5.41) is 33.4. The molecule has 0 fully saturated rings. The molecular weight excluding hydrogens is 344 g/mol. The average Bonchev–Trinajstić information content (AvgIpc) is 2.57. The molecule has 0 saturated carbocycles. The van der Waals surface area contributed by atoms with Crippen LogP contribution < -0.4 is 22.1 Å². The molecule has 1 atom stereocenters. The molecule has 1 aliphatic rings. The van der Waals surface area contributed by atoms with E-state index < -0.39 is 6.04 Å². The third-order valence-electron chi connectivity index (χ3n) is 3.63. The van der Waals surface area contributed by atoms with Crippen LogP contribution in [0.5, 0.6) is 5.75 Å². The van der Waals surface area contributed by atoms with Crippen molar-refractivity contribution in [3.8, 4) is 18.0 Å². The number of phenols is 1. The Balaban J connectivity index is 2.30. The predicted octanol–water partition coefficient (Wildman–Crippen LogP) is 1.42. The van der Waals surface area contributed by atoms with E-state index in [0.717, 1.165) is 0 Å². The van der Waals surface area contributed by atoms with Crippen molar-refractivity contribution >= 4 is 34.9 Å². The van der Waals surface area contributed by atoms with Gasteiger partial charge in [0.05, 0.1) is 5.69 Å². The summed E-state index contributed by atoms with van der Waals surface area (Å²) in [6.45, 7) is 0. The zero-order valence-corrected chi connectivity index (χ0v) is 13.3. The number of aromatic nitrogens is 1. The number of halogens is 1. The summed E-state index contributed by atoms with van der Waals surface area (Å²) in [6, 6.07) is 5.47. The van der Waals surface area contributed by atoms with Crippen LogP contribution in [0.1, 0.15) is 22.7 Å². The first-order chi connectivity index (χ1) is 12.0. The molecule has 0 spiro atoms. The number of nitriles is 2. The maximum atomic E-state index is 9.79. The number of nitrogens with two attached hydrogens (primary N) is 2. The van der Waals surface area contributed by atoms with Crippen LogP contribution in [0.2, 0.25) is 5.02 Å². The van der Waals surface area contributed by atoms with Crippen LogP contribution in [0.25, 0.3) is 0 Å². The topological polar surface area (TPSA) is 169 Å². The van der Waals surface area contributed by atoms with E-state index >= 15 is 0 Å². The number of benzene rings is 1. The van der Waals surface area contributed by atoms with E-state index in [1.807, 2.05) is 6.07 Å². The van der Waals surface area contributed by atoms with Crippen LogP contribution in [0.4, 0.5) is 17.3 Å². The summed E-state index contributed by atoms with van der Waals surface area (Å²) < 4.78 is 0. The number of fused-ring (bicyclic) bond motifs is 1. The van der Waals surface area contributed by atoms with Gasteiger partial charge in [-0.3, -0.25) is 5.32 Å². The fraction of sp³-hybridized carbons (Fsp3) is 0.0667. The number of hydrogen-bond donors (Lipinski definition) is 5. The number of nitrogens with one attached hydrogen (secondary N) is 2. The molecule has 1 unspecified atom stereocenters. The van der Waals surface area contributed by atoms with Crippen molar-refractivity contribution in [3.05, 3.63) is 39.9 Å². The lowest BCUT2D eigenvalue weighted by atomic mass is 9.95. The molecule has 124 valence electrons. The lowest BCUT2D eigenvalue weighted by Crippen LogP contribution is -2.32. The Morgan fingerprint density at radius 3 is 2.76 bits per heavy atom. The fourth-order valence-electron chi connectivity index (χ4n) is 2.55. The lowest BCUT2D eigenvalue weighted by molar-refractivity contribution is 0.474. The zero-order chi connectivity index (χ0) is 18.1. The van der Waals surface area contributed by atoms with Gasteiger partial charge in [-0.05, 0) is 18.2 Å². The molecule has 2 aromatic rings. The predicted molar refractivity (Wildman–Crippen MR) is 92.5 cm³/mol. The van der Waals surface area contributed by atoms with Gasteiger partial charge in [-0.2, -0.15) is 10.5 Å². The molecule has 10 heteroatoms. The Labute approximate surface area is 147 Å². The fourth-order valence-corrected chi connectivity index (χ4v) is 2.77. The van der Waals surface area contributed by atoms with E-state index in [1.54, 1.807) is 6.19 Å². The molecule has 1 aromatic heterocycles. The molecule has 25 heavy (non-hydrogen) atoms. The van der Waals surface area contributed by atoms with E-state index in [1.165, 1.54) is 18.2 Å². The van der Waals surface area contributed by atoms with Gasteiger partial charge in [0.25, 0.3) is 0 Å². The van der Waals surface area contributed by atoms with Gasteiger partial charge >= 0.3 is 0 Å². The van der Waals surface area contributed by atoms with Crippen molar-refractivity contribution in [1.29, 1.82) is 10.5 Å². The highest BCUT2D eigenvalue weighted by Crippen LogP contribution is 2.43. The Hall–Kier alpha value is -3.69. The minimum absolute atomic E-state index is 0.0213. The molecule has 9 nitrogen and oxygen atoms in total. The smallest absolute Gasteiger partial charge is 0.211 e. The molecule has 0 radical (unpaired) electrons. The normalized spacial score (nSPS) is 15.2. The van der Waals surface area contributed by atoms with Gasteiger partial charge in [-0.15, -0.1) is 0 Å². The number of aliphatic imine (C=N–C) groups is 1.